The fraction of sp³-hybridized carbons (Fsp3) is 0.294. The van der Waals surface area contributed by atoms with Crippen molar-refractivity contribution in [2.45, 2.75) is 24.3 Å². The van der Waals surface area contributed by atoms with Gasteiger partial charge in [0.05, 0.1) is 0 Å². The molecule has 20 heavy (non-hydrogen) atoms. The van der Waals surface area contributed by atoms with E-state index in [1.165, 1.54) is 17.7 Å². The predicted molar refractivity (Wildman–Crippen MR) is 75.5 cm³/mol. The highest BCUT2D eigenvalue weighted by atomic mass is 19.2. The van der Waals surface area contributed by atoms with Gasteiger partial charge in [0, 0.05) is 11.5 Å². The van der Waals surface area contributed by atoms with Crippen LogP contribution in [0.3, 0.4) is 0 Å². The Balaban J connectivity index is 2.00. The van der Waals surface area contributed by atoms with Crippen molar-refractivity contribution in [3.63, 3.8) is 0 Å². The molecule has 0 spiro atoms. The first-order valence-electron chi connectivity index (χ1n) is 6.85. The molecule has 2 aromatic rings. The molecule has 1 saturated carbocycles. The first kappa shape index (κ1) is 13.3. The van der Waals surface area contributed by atoms with Gasteiger partial charge in [0.25, 0.3) is 0 Å². The molecule has 0 aliphatic heterocycles. The average Bonchev–Trinajstić information content (AvgIpc) is 3.26. The van der Waals surface area contributed by atoms with E-state index in [1.54, 1.807) is 6.07 Å². The number of hydrogen-bond donors (Lipinski definition) is 1. The van der Waals surface area contributed by atoms with E-state index in [0.717, 1.165) is 18.4 Å². The summed E-state index contributed by atoms with van der Waals surface area (Å²) in [6.07, 6.45) is 2.11. The van der Waals surface area contributed by atoms with Crippen molar-refractivity contribution in [2.75, 3.05) is 7.05 Å². The van der Waals surface area contributed by atoms with E-state index in [2.05, 4.69) is 17.4 Å². The van der Waals surface area contributed by atoms with Crippen molar-refractivity contribution < 1.29 is 8.78 Å². The molecule has 1 atom stereocenters. The first-order valence-corrected chi connectivity index (χ1v) is 6.85. The lowest BCUT2D eigenvalue weighted by Crippen LogP contribution is -2.29. The predicted octanol–water partition coefficient (Wildman–Crippen LogP) is 3.96. The van der Waals surface area contributed by atoms with E-state index in [1.807, 2.05) is 25.2 Å². The number of rotatable bonds is 4. The second-order valence-corrected chi connectivity index (χ2v) is 5.42. The molecule has 1 aliphatic rings. The molecule has 0 amide bonds. The summed E-state index contributed by atoms with van der Waals surface area (Å²) in [7, 11) is 1.87. The molecule has 1 nitrogen and oxygen atoms in total. The third-order valence-corrected chi connectivity index (χ3v) is 4.26. The van der Waals surface area contributed by atoms with Crippen LogP contribution in [0.4, 0.5) is 8.78 Å². The number of benzene rings is 2. The van der Waals surface area contributed by atoms with Gasteiger partial charge in [-0.3, -0.25) is 0 Å². The van der Waals surface area contributed by atoms with E-state index < -0.39 is 11.6 Å². The number of nitrogens with one attached hydrogen (secondary N) is 1. The fourth-order valence-electron chi connectivity index (χ4n) is 3.10. The maximum Gasteiger partial charge on any atom is 0.159 e. The van der Waals surface area contributed by atoms with Crippen molar-refractivity contribution in [1.82, 2.24) is 5.32 Å². The molecule has 0 saturated heterocycles. The maximum absolute atomic E-state index is 13.5. The Bertz CT molecular complexity index is 606. The van der Waals surface area contributed by atoms with Crippen LogP contribution in [0, 0.1) is 11.6 Å². The monoisotopic (exact) mass is 273 g/mol. The van der Waals surface area contributed by atoms with Gasteiger partial charge in [-0.1, -0.05) is 36.4 Å². The van der Waals surface area contributed by atoms with E-state index in [-0.39, 0.29) is 11.5 Å². The van der Waals surface area contributed by atoms with Gasteiger partial charge in [-0.15, -0.1) is 0 Å². The van der Waals surface area contributed by atoms with E-state index in [0.29, 0.717) is 0 Å². The Labute approximate surface area is 117 Å². The van der Waals surface area contributed by atoms with Crippen LogP contribution in [0.15, 0.2) is 48.5 Å². The summed E-state index contributed by atoms with van der Waals surface area (Å²) in [5.41, 5.74) is 2.05. The molecule has 0 aromatic heterocycles. The van der Waals surface area contributed by atoms with Gasteiger partial charge in [0.2, 0.25) is 0 Å². The van der Waals surface area contributed by atoms with Crippen LogP contribution in [0.5, 0.6) is 0 Å². The van der Waals surface area contributed by atoms with Crippen molar-refractivity contribution in [2.24, 2.45) is 0 Å². The normalized spacial score (nSPS) is 17.8. The molecule has 3 rings (SSSR count). The van der Waals surface area contributed by atoms with Crippen LogP contribution < -0.4 is 5.32 Å². The number of likely N-dealkylation sites (N-methyl/N-ethyl adjacent to an activating group) is 1. The maximum atomic E-state index is 13.5. The van der Waals surface area contributed by atoms with Crippen molar-refractivity contribution in [3.05, 3.63) is 71.3 Å². The highest BCUT2D eigenvalue weighted by Gasteiger charge is 2.50. The van der Waals surface area contributed by atoms with Gasteiger partial charge in [-0.2, -0.15) is 0 Å². The summed E-state index contributed by atoms with van der Waals surface area (Å²) < 4.78 is 26.6. The smallest absolute Gasteiger partial charge is 0.159 e. The standard InChI is InChI=1S/C17H17F2N/c1-20-16(12-7-8-14(18)15(19)11-12)17(9-10-17)13-5-3-2-4-6-13/h2-8,11,16,20H,9-10H2,1H3. The van der Waals surface area contributed by atoms with E-state index in [4.69, 9.17) is 0 Å². The van der Waals surface area contributed by atoms with Crippen LogP contribution in [0.1, 0.15) is 30.0 Å². The molecular formula is C17H17F2N. The third-order valence-electron chi connectivity index (χ3n) is 4.26. The van der Waals surface area contributed by atoms with Crippen LogP contribution in [-0.2, 0) is 5.41 Å². The first-order chi connectivity index (χ1) is 9.67. The molecule has 104 valence electrons. The van der Waals surface area contributed by atoms with Gasteiger partial charge < -0.3 is 5.32 Å². The number of hydrogen-bond acceptors (Lipinski definition) is 1. The van der Waals surface area contributed by atoms with E-state index in [9.17, 15) is 8.78 Å². The summed E-state index contributed by atoms with van der Waals surface area (Å²) in [6.45, 7) is 0. The summed E-state index contributed by atoms with van der Waals surface area (Å²) >= 11 is 0. The molecule has 0 radical (unpaired) electrons. The molecule has 0 bridgehead atoms. The zero-order valence-electron chi connectivity index (χ0n) is 11.4. The SMILES string of the molecule is CNC(c1ccc(F)c(F)c1)C1(c2ccccc2)CC1. The molecule has 1 unspecified atom stereocenters. The average molecular weight is 273 g/mol. The second kappa shape index (κ2) is 4.98. The molecule has 1 fully saturated rings. The quantitative estimate of drug-likeness (QED) is 0.889. The molecule has 0 heterocycles. The van der Waals surface area contributed by atoms with Gasteiger partial charge in [-0.05, 0) is 43.1 Å². The molecule has 3 heteroatoms. The Morgan fingerprint density at radius 3 is 2.25 bits per heavy atom. The second-order valence-electron chi connectivity index (χ2n) is 5.42. The lowest BCUT2D eigenvalue weighted by atomic mass is 9.84. The van der Waals surface area contributed by atoms with Crippen molar-refractivity contribution >= 4 is 0 Å². The van der Waals surface area contributed by atoms with Crippen molar-refractivity contribution in [3.8, 4) is 0 Å². The largest absolute Gasteiger partial charge is 0.312 e. The van der Waals surface area contributed by atoms with Crippen molar-refractivity contribution in [1.29, 1.82) is 0 Å². The van der Waals surface area contributed by atoms with Crippen LogP contribution >= 0.6 is 0 Å². The zero-order chi connectivity index (χ0) is 14.2. The molecular weight excluding hydrogens is 256 g/mol. The minimum Gasteiger partial charge on any atom is -0.312 e. The Morgan fingerprint density at radius 1 is 1.00 bits per heavy atom. The molecule has 1 N–H and O–H groups in total. The zero-order valence-corrected chi connectivity index (χ0v) is 11.4. The minimum absolute atomic E-state index is 0.000000000000000666. The van der Waals surface area contributed by atoms with Gasteiger partial charge in [0.1, 0.15) is 0 Å². The van der Waals surface area contributed by atoms with Crippen LogP contribution in [0.25, 0.3) is 0 Å². The Kier molecular flexibility index (Phi) is 3.30. The highest BCUT2D eigenvalue weighted by Crippen LogP contribution is 2.56. The lowest BCUT2D eigenvalue weighted by molar-refractivity contribution is 0.453. The highest BCUT2D eigenvalue weighted by molar-refractivity contribution is 5.38. The summed E-state index contributed by atoms with van der Waals surface area (Å²) in [5, 5.41) is 3.28. The molecule has 2 aromatic carbocycles. The van der Waals surface area contributed by atoms with Gasteiger partial charge >= 0.3 is 0 Å². The topological polar surface area (TPSA) is 12.0 Å². The third kappa shape index (κ3) is 2.12. The Hall–Kier alpha value is -1.74. The minimum atomic E-state index is -0.798. The Morgan fingerprint density at radius 2 is 1.70 bits per heavy atom. The van der Waals surface area contributed by atoms with Gasteiger partial charge in [0.15, 0.2) is 11.6 Å². The van der Waals surface area contributed by atoms with Gasteiger partial charge in [-0.25, -0.2) is 8.78 Å². The lowest BCUT2D eigenvalue weighted by Gasteiger charge is -2.28. The summed E-state index contributed by atoms with van der Waals surface area (Å²) in [5.74, 6) is -1.58. The van der Waals surface area contributed by atoms with E-state index >= 15 is 0 Å². The summed E-state index contributed by atoms with van der Waals surface area (Å²) in [6, 6.07) is 14.4. The van der Waals surface area contributed by atoms with Crippen LogP contribution in [0.2, 0.25) is 0 Å². The number of halogens is 2. The van der Waals surface area contributed by atoms with Crippen LogP contribution in [-0.4, -0.2) is 7.05 Å². The summed E-state index contributed by atoms with van der Waals surface area (Å²) in [4.78, 5) is 0. The fourth-order valence-corrected chi connectivity index (χ4v) is 3.10. The molecule has 1 aliphatic carbocycles.